The Balaban J connectivity index is 1.40. The van der Waals surface area contributed by atoms with Crippen LogP contribution in [0.4, 0.5) is 0 Å². The lowest BCUT2D eigenvalue weighted by molar-refractivity contribution is 0.501. The lowest BCUT2D eigenvalue weighted by Gasteiger charge is -2.13. The largest absolute Gasteiger partial charge is 0.326 e. The van der Waals surface area contributed by atoms with Crippen LogP contribution in [0.1, 0.15) is 82.6 Å². The maximum Gasteiger partial charge on any atom is 0.0200 e. The van der Waals surface area contributed by atoms with E-state index in [9.17, 15) is 0 Å². The molecule has 1 saturated carbocycles. The molecule has 2 nitrogen and oxygen atoms in total. The van der Waals surface area contributed by atoms with Crippen LogP contribution < -0.4 is 11.1 Å². The second-order valence-corrected chi connectivity index (χ2v) is 7.61. The predicted molar refractivity (Wildman–Crippen MR) is 105 cm³/mol. The van der Waals surface area contributed by atoms with Gasteiger partial charge in [-0.25, -0.2) is 0 Å². The highest BCUT2D eigenvalue weighted by Gasteiger charge is 2.41. The highest BCUT2D eigenvalue weighted by Crippen LogP contribution is 2.48. The number of hydrogen-bond acceptors (Lipinski definition) is 2. The second-order valence-electron chi connectivity index (χ2n) is 7.61. The van der Waals surface area contributed by atoms with Crippen LogP contribution >= 0.6 is 0 Å². The van der Waals surface area contributed by atoms with Crippen molar-refractivity contribution in [1.29, 1.82) is 0 Å². The Hall–Kier alpha value is -0.860. The SMILES string of the molecule is CCCCCCCCCCCNCC(N)C1CC1c1ccccc1. The van der Waals surface area contributed by atoms with Gasteiger partial charge in [-0.2, -0.15) is 0 Å². The molecule has 1 aromatic carbocycles. The fraction of sp³-hybridized carbons (Fsp3) is 0.727. The summed E-state index contributed by atoms with van der Waals surface area (Å²) in [5, 5.41) is 3.57. The van der Waals surface area contributed by atoms with Crippen molar-refractivity contribution in [1.82, 2.24) is 5.32 Å². The molecular formula is C22H38N2. The highest BCUT2D eigenvalue weighted by atomic mass is 14.9. The first-order chi connectivity index (χ1) is 11.8. The normalized spacial score (nSPS) is 20.9. The molecular weight excluding hydrogens is 292 g/mol. The number of benzene rings is 1. The number of hydrogen-bond donors (Lipinski definition) is 2. The van der Waals surface area contributed by atoms with Gasteiger partial charge in [-0.05, 0) is 36.8 Å². The van der Waals surface area contributed by atoms with E-state index in [1.54, 1.807) is 0 Å². The van der Waals surface area contributed by atoms with Crippen molar-refractivity contribution < 1.29 is 0 Å². The Labute approximate surface area is 149 Å². The molecule has 2 rings (SSSR count). The molecule has 1 fully saturated rings. The van der Waals surface area contributed by atoms with Gasteiger partial charge in [-0.15, -0.1) is 0 Å². The van der Waals surface area contributed by atoms with Gasteiger partial charge >= 0.3 is 0 Å². The summed E-state index contributed by atoms with van der Waals surface area (Å²) in [5.74, 6) is 1.39. The van der Waals surface area contributed by atoms with Crippen LogP contribution in [0.15, 0.2) is 30.3 Å². The molecule has 1 aliphatic rings. The van der Waals surface area contributed by atoms with E-state index in [-0.39, 0.29) is 0 Å². The number of unbranched alkanes of at least 4 members (excludes halogenated alkanes) is 8. The molecule has 0 heterocycles. The Morgan fingerprint density at radius 3 is 2.25 bits per heavy atom. The molecule has 0 spiro atoms. The van der Waals surface area contributed by atoms with E-state index in [1.807, 2.05) is 0 Å². The maximum atomic E-state index is 6.36. The third-order valence-corrected chi connectivity index (χ3v) is 5.45. The Morgan fingerprint density at radius 2 is 1.58 bits per heavy atom. The minimum atomic E-state index is 0.314. The van der Waals surface area contributed by atoms with E-state index in [0.717, 1.165) is 13.1 Å². The summed E-state index contributed by atoms with van der Waals surface area (Å²) in [5.41, 5.74) is 7.83. The van der Waals surface area contributed by atoms with Crippen molar-refractivity contribution in [3.63, 3.8) is 0 Å². The van der Waals surface area contributed by atoms with Gasteiger partial charge in [0.2, 0.25) is 0 Å². The Morgan fingerprint density at radius 1 is 0.958 bits per heavy atom. The lowest BCUT2D eigenvalue weighted by atomic mass is 10.1. The van der Waals surface area contributed by atoms with Crippen LogP contribution in [-0.4, -0.2) is 19.1 Å². The summed E-state index contributed by atoms with van der Waals surface area (Å²) in [6.07, 6.45) is 13.8. The van der Waals surface area contributed by atoms with Gasteiger partial charge in [-0.3, -0.25) is 0 Å². The third kappa shape index (κ3) is 7.36. The van der Waals surface area contributed by atoms with Crippen molar-refractivity contribution in [2.75, 3.05) is 13.1 Å². The van der Waals surface area contributed by atoms with Crippen LogP contribution in [0.2, 0.25) is 0 Å². The Kier molecular flexibility index (Phi) is 9.45. The van der Waals surface area contributed by atoms with Crippen LogP contribution in [0.3, 0.4) is 0 Å². The van der Waals surface area contributed by atoms with Crippen molar-refractivity contribution in [3.05, 3.63) is 35.9 Å². The van der Waals surface area contributed by atoms with E-state index < -0.39 is 0 Å². The second kappa shape index (κ2) is 11.7. The van der Waals surface area contributed by atoms with Crippen molar-refractivity contribution in [2.45, 2.75) is 83.1 Å². The molecule has 3 N–H and O–H groups in total. The van der Waals surface area contributed by atoms with Crippen LogP contribution in [0, 0.1) is 5.92 Å². The monoisotopic (exact) mass is 330 g/mol. The van der Waals surface area contributed by atoms with Crippen molar-refractivity contribution in [2.24, 2.45) is 11.7 Å². The first-order valence-electron chi connectivity index (χ1n) is 10.3. The molecule has 0 aliphatic heterocycles. The Bertz CT molecular complexity index is 417. The molecule has 1 aliphatic carbocycles. The molecule has 0 radical (unpaired) electrons. The standard InChI is InChI=1S/C22H38N2/c1-2-3-4-5-6-7-8-9-13-16-24-18-22(23)21-17-20(21)19-14-11-10-12-15-19/h10-12,14-15,20-22,24H,2-9,13,16-18,23H2,1H3. The number of rotatable bonds is 14. The first kappa shape index (κ1) is 19.5. The van der Waals surface area contributed by atoms with Gasteiger partial charge in [0.1, 0.15) is 0 Å². The van der Waals surface area contributed by atoms with E-state index in [1.165, 1.54) is 69.8 Å². The molecule has 24 heavy (non-hydrogen) atoms. The fourth-order valence-electron chi connectivity index (χ4n) is 3.75. The first-order valence-corrected chi connectivity index (χ1v) is 10.3. The van der Waals surface area contributed by atoms with Crippen LogP contribution in [0.5, 0.6) is 0 Å². The summed E-state index contributed by atoms with van der Waals surface area (Å²) in [7, 11) is 0. The lowest BCUT2D eigenvalue weighted by Crippen LogP contribution is -2.36. The summed E-state index contributed by atoms with van der Waals surface area (Å²) in [4.78, 5) is 0. The third-order valence-electron chi connectivity index (χ3n) is 5.45. The minimum absolute atomic E-state index is 0.314. The molecule has 0 amide bonds. The molecule has 0 bridgehead atoms. The van der Waals surface area contributed by atoms with E-state index in [4.69, 9.17) is 5.73 Å². The van der Waals surface area contributed by atoms with E-state index >= 15 is 0 Å². The van der Waals surface area contributed by atoms with E-state index in [0.29, 0.717) is 17.9 Å². The van der Waals surface area contributed by atoms with Crippen molar-refractivity contribution in [3.8, 4) is 0 Å². The van der Waals surface area contributed by atoms with Crippen LogP contribution in [0.25, 0.3) is 0 Å². The molecule has 3 unspecified atom stereocenters. The summed E-state index contributed by atoms with van der Waals surface area (Å²) >= 11 is 0. The molecule has 2 heteroatoms. The van der Waals surface area contributed by atoms with Crippen molar-refractivity contribution >= 4 is 0 Å². The summed E-state index contributed by atoms with van der Waals surface area (Å²) in [6.45, 7) is 4.39. The van der Waals surface area contributed by atoms with Gasteiger partial charge in [0.25, 0.3) is 0 Å². The quantitative estimate of drug-likeness (QED) is 0.458. The summed E-state index contributed by atoms with van der Waals surface area (Å²) in [6, 6.07) is 11.2. The molecule has 136 valence electrons. The van der Waals surface area contributed by atoms with Gasteiger partial charge in [0.15, 0.2) is 0 Å². The van der Waals surface area contributed by atoms with E-state index in [2.05, 4.69) is 42.6 Å². The highest BCUT2D eigenvalue weighted by molar-refractivity contribution is 5.26. The molecule has 1 aromatic rings. The minimum Gasteiger partial charge on any atom is -0.326 e. The van der Waals surface area contributed by atoms with Gasteiger partial charge in [0, 0.05) is 12.6 Å². The maximum absolute atomic E-state index is 6.36. The van der Waals surface area contributed by atoms with Gasteiger partial charge < -0.3 is 11.1 Å². The summed E-state index contributed by atoms with van der Waals surface area (Å²) < 4.78 is 0. The smallest absolute Gasteiger partial charge is 0.0200 e. The molecule has 0 aromatic heterocycles. The average Bonchev–Trinajstić information content (AvgIpc) is 3.41. The van der Waals surface area contributed by atoms with Gasteiger partial charge in [-0.1, -0.05) is 88.6 Å². The average molecular weight is 331 g/mol. The van der Waals surface area contributed by atoms with Crippen LogP contribution in [-0.2, 0) is 0 Å². The number of nitrogens with two attached hydrogens (primary N) is 1. The fourth-order valence-corrected chi connectivity index (χ4v) is 3.75. The topological polar surface area (TPSA) is 38.0 Å². The zero-order valence-corrected chi connectivity index (χ0v) is 15.7. The molecule has 3 atom stereocenters. The molecule has 0 saturated heterocycles. The predicted octanol–water partition coefficient (Wildman–Crippen LogP) is 5.24. The zero-order chi connectivity index (χ0) is 17.0. The number of nitrogens with one attached hydrogen (secondary N) is 1. The van der Waals surface area contributed by atoms with Gasteiger partial charge in [0.05, 0.1) is 0 Å². The zero-order valence-electron chi connectivity index (χ0n) is 15.7.